The molecule has 0 spiro atoms. The van der Waals surface area contributed by atoms with Crippen molar-refractivity contribution in [1.29, 1.82) is 0 Å². The van der Waals surface area contributed by atoms with Gasteiger partial charge >= 0.3 is 0 Å². The fourth-order valence-electron chi connectivity index (χ4n) is 3.30. The number of amides is 1. The number of rotatable bonds is 9. The summed E-state index contributed by atoms with van der Waals surface area (Å²) in [6, 6.07) is 14.9. The number of benzene rings is 2. The average Bonchev–Trinajstić information content (AvgIpc) is 2.71. The first kappa shape index (κ1) is 20.8. The van der Waals surface area contributed by atoms with Crippen LogP contribution in [0.1, 0.15) is 44.0 Å². The van der Waals surface area contributed by atoms with Crippen molar-refractivity contribution < 1.29 is 14.3 Å². The predicted molar refractivity (Wildman–Crippen MR) is 108 cm³/mol. The average molecular weight is 370 g/mol. The van der Waals surface area contributed by atoms with Crippen molar-refractivity contribution in [2.24, 2.45) is 0 Å². The van der Waals surface area contributed by atoms with Gasteiger partial charge in [0.05, 0.1) is 20.3 Å². The van der Waals surface area contributed by atoms with Crippen LogP contribution in [0.5, 0.6) is 11.5 Å². The Hall–Kier alpha value is -2.53. The molecule has 0 heterocycles. The van der Waals surface area contributed by atoms with Crippen LogP contribution in [0, 0.1) is 0 Å². The van der Waals surface area contributed by atoms with Crippen molar-refractivity contribution in [1.82, 2.24) is 10.2 Å². The zero-order valence-electron chi connectivity index (χ0n) is 16.9. The van der Waals surface area contributed by atoms with Crippen LogP contribution in [0.3, 0.4) is 0 Å². The Kier molecular flexibility index (Phi) is 7.67. The summed E-state index contributed by atoms with van der Waals surface area (Å²) in [7, 11) is 3.25. The summed E-state index contributed by atoms with van der Waals surface area (Å²) in [6.45, 7) is 7.68. The summed E-state index contributed by atoms with van der Waals surface area (Å²) < 4.78 is 10.8. The smallest absolute Gasteiger partial charge is 0.242 e. The molecule has 5 nitrogen and oxygen atoms in total. The van der Waals surface area contributed by atoms with E-state index in [1.165, 1.54) is 0 Å². The van der Waals surface area contributed by atoms with Crippen LogP contribution in [-0.2, 0) is 4.79 Å². The minimum Gasteiger partial charge on any atom is -0.497 e. The van der Waals surface area contributed by atoms with Gasteiger partial charge in [-0.1, -0.05) is 44.2 Å². The third-order valence-corrected chi connectivity index (χ3v) is 4.80. The maximum Gasteiger partial charge on any atom is 0.242 e. The normalized spacial score (nSPS) is 13.1. The number of nitrogens with zero attached hydrogens (tertiary/aromatic N) is 1. The molecular weight excluding hydrogens is 340 g/mol. The van der Waals surface area contributed by atoms with Gasteiger partial charge in [-0.2, -0.15) is 0 Å². The summed E-state index contributed by atoms with van der Waals surface area (Å²) in [4.78, 5) is 15.4. The lowest BCUT2D eigenvalue weighted by atomic mass is 10.0. The Bertz CT molecular complexity index is 730. The lowest BCUT2D eigenvalue weighted by molar-refractivity contribution is -0.127. The van der Waals surface area contributed by atoms with Crippen LogP contribution in [0.4, 0.5) is 0 Å². The number of ether oxygens (including phenoxy) is 2. The third kappa shape index (κ3) is 5.01. The highest BCUT2D eigenvalue weighted by Crippen LogP contribution is 2.30. The molecule has 0 saturated heterocycles. The van der Waals surface area contributed by atoms with Crippen molar-refractivity contribution in [2.75, 3.05) is 27.3 Å². The van der Waals surface area contributed by atoms with Crippen molar-refractivity contribution >= 4 is 5.91 Å². The first-order valence-electron chi connectivity index (χ1n) is 9.36. The maximum atomic E-state index is 13.2. The number of hydrogen-bond acceptors (Lipinski definition) is 4. The number of methoxy groups -OCH3 is 2. The van der Waals surface area contributed by atoms with E-state index in [4.69, 9.17) is 9.47 Å². The lowest BCUT2D eigenvalue weighted by Gasteiger charge is -2.30. The summed E-state index contributed by atoms with van der Waals surface area (Å²) in [5.41, 5.74) is 1.88. The molecule has 2 unspecified atom stereocenters. The molecule has 1 N–H and O–H groups in total. The van der Waals surface area contributed by atoms with E-state index in [0.717, 1.165) is 35.7 Å². The predicted octanol–water partition coefficient (Wildman–Crippen LogP) is 3.96. The maximum absolute atomic E-state index is 13.2. The van der Waals surface area contributed by atoms with Gasteiger partial charge in [-0.15, -0.1) is 0 Å². The Morgan fingerprint density at radius 1 is 1.04 bits per heavy atom. The van der Waals surface area contributed by atoms with Crippen LogP contribution in [0.2, 0.25) is 0 Å². The summed E-state index contributed by atoms with van der Waals surface area (Å²) in [5.74, 6) is 1.43. The number of nitrogens with one attached hydrogen (secondary N) is 1. The summed E-state index contributed by atoms with van der Waals surface area (Å²) in [6.07, 6.45) is 0. The quantitative estimate of drug-likeness (QED) is 0.726. The highest BCUT2D eigenvalue weighted by atomic mass is 16.5. The number of likely N-dealkylation sites (N-methyl/N-ethyl adjacent to an activating group) is 1. The molecule has 27 heavy (non-hydrogen) atoms. The van der Waals surface area contributed by atoms with Gasteiger partial charge in [-0.25, -0.2) is 0 Å². The van der Waals surface area contributed by atoms with Crippen molar-refractivity contribution in [2.45, 2.75) is 32.9 Å². The second kappa shape index (κ2) is 9.97. The van der Waals surface area contributed by atoms with Crippen LogP contribution < -0.4 is 14.8 Å². The van der Waals surface area contributed by atoms with E-state index < -0.39 is 0 Å². The molecule has 2 aromatic carbocycles. The van der Waals surface area contributed by atoms with Crippen molar-refractivity contribution in [3.8, 4) is 11.5 Å². The van der Waals surface area contributed by atoms with Crippen LogP contribution in [-0.4, -0.2) is 38.1 Å². The zero-order valence-corrected chi connectivity index (χ0v) is 16.9. The molecule has 0 fully saturated rings. The SMILES string of the molecule is CCN(CC)C(C(=O)NC(C)c1cc(OC)ccc1OC)c1ccccc1. The number of carbonyl (C=O) groups excluding carboxylic acids is 1. The Morgan fingerprint density at radius 3 is 2.26 bits per heavy atom. The van der Waals surface area contributed by atoms with Gasteiger partial charge < -0.3 is 14.8 Å². The van der Waals surface area contributed by atoms with E-state index in [9.17, 15) is 4.79 Å². The highest BCUT2D eigenvalue weighted by molar-refractivity contribution is 5.83. The van der Waals surface area contributed by atoms with Crippen LogP contribution >= 0.6 is 0 Å². The molecule has 1 amide bonds. The fourth-order valence-corrected chi connectivity index (χ4v) is 3.30. The third-order valence-electron chi connectivity index (χ3n) is 4.80. The first-order chi connectivity index (χ1) is 13.0. The summed E-state index contributed by atoms with van der Waals surface area (Å²) >= 11 is 0. The van der Waals surface area contributed by atoms with Crippen molar-refractivity contribution in [3.63, 3.8) is 0 Å². The molecule has 2 rings (SSSR count). The van der Waals surface area contributed by atoms with E-state index >= 15 is 0 Å². The fraction of sp³-hybridized carbons (Fsp3) is 0.409. The molecule has 0 bridgehead atoms. The highest BCUT2D eigenvalue weighted by Gasteiger charge is 2.27. The first-order valence-corrected chi connectivity index (χ1v) is 9.36. The van der Waals surface area contributed by atoms with Crippen LogP contribution in [0.25, 0.3) is 0 Å². The molecule has 0 aliphatic carbocycles. The lowest BCUT2D eigenvalue weighted by Crippen LogP contribution is -2.41. The molecule has 0 aliphatic rings. The minimum atomic E-state index is -0.333. The van der Waals surface area contributed by atoms with E-state index in [1.54, 1.807) is 14.2 Å². The molecule has 146 valence electrons. The van der Waals surface area contributed by atoms with E-state index in [0.29, 0.717) is 0 Å². The molecular formula is C22H30N2O3. The van der Waals surface area contributed by atoms with Crippen molar-refractivity contribution in [3.05, 3.63) is 59.7 Å². The largest absolute Gasteiger partial charge is 0.497 e. The van der Waals surface area contributed by atoms with Gasteiger partial charge in [0.15, 0.2) is 0 Å². The Morgan fingerprint density at radius 2 is 1.70 bits per heavy atom. The van der Waals surface area contributed by atoms with Gasteiger partial charge in [0, 0.05) is 5.56 Å². The second-order valence-electron chi connectivity index (χ2n) is 6.37. The molecule has 0 radical (unpaired) electrons. The van der Waals surface area contributed by atoms with Crippen LogP contribution in [0.15, 0.2) is 48.5 Å². The molecule has 2 atom stereocenters. The molecule has 0 aliphatic heterocycles. The standard InChI is InChI=1S/C22H30N2O3/c1-6-24(7-2)21(17-11-9-8-10-12-17)22(25)23-16(3)19-15-18(26-4)13-14-20(19)27-5/h8-16,21H,6-7H2,1-5H3,(H,23,25). The molecule has 0 aromatic heterocycles. The summed E-state index contributed by atoms with van der Waals surface area (Å²) in [5, 5.41) is 3.15. The topological polar surface area (TPSA) is 50.8 Å². The van der Waals surface area contributed by atoms with Gasteiger partial charge in [-0.3, -0.25) is 9.69 Å². The Labute approximate surface area is 162 Å². The number of carbonyl (C=O) groups is 1. The Balaban J connectivity index is 2.29. The van der Waals surface area contributed by atoms with E-state index in [-0.39, 0.29) is 18.0 Å². The number of hydrogen-bond donors (Lipinski definition) is 1. The molecule has 5 heteroatoms. The van der Waals surface area contributed by atoms with Gasteiger partial charge in [0.1, 0.15) is 17.5 Å². The monoisotopic (exact) mass is 370 g/mol. The van der Waals surface area contributed by atoms with Gasteiger partial charge in [-0.05, 0) is 43.8 Å². The van der Waals surface area contributed by atoms with Gasteiger partial charge in [0.25, 0.3) is 0 Å². The second-order valence-corrected chi connectivity index (χ2v) is 6.37. The van der Waals surface area contributed by atoms with E-state index in [1.807, 2.05) is 55.5 Å². The van der Waals surface area contributed by atoms with E-state index in [2.05, 4.69) is 24.1 Å². The molecule has 0 saturated carbocycles. The van der Waals surface area contributed by atoms with Gasteiger partial charge in [0.2, 0.25) is 5.91 Å². The zero-order chi connectivity index (χ0) is 19.8. The minimum absolute atomic E-state index is 0.0257. The molecule has 2 aromatic rings.